The third-order valence-electron chi connectivity index (χ3n) is 3.35. The van der Waals surface area contributed by atoms with Gasteiger partial charge < -0.3 is 5.32 Å². The number of Topliss-reactive ketones (excluding diaryl/α,β-unsaturated/α-hetero) is 1. The Morgan fingerprint density at radius 3 is 2.83 bits per heavy atom. The Hall–Kier alpha value is -0.370. The Bertz CT molecular complexity index is 190. The highest BCUT2D eigenvalue weighted by Crippen LogP contribution is 2.30. The maximum atomic E-state index is 11.3. The van der Waals surface area contributed by atoms with Gasteiger partial charge in [-0.3, -0.25) is 4.79 Å². The maximum Gasteiger partial charge on any atom is 0.134 e. The largest absolute Gasteiger partial charge is 0.311 e. The molecule has 2 nitrogen and oxygen atoms in total. The van der Waals surface area contributed by atoms with E-state index >= 15 is 0 Å². The molecule has 0 aliphatic carbocycles. The SMILES string of the molecule is CC(=O)C1CCCC2CCC1N2. The summed E-state index contributed by atoms with van der Waals surface area (Å²) in [4.78, 5) is 11.3. The van der Waals surface area contributed by atoms with E-state index in [1.54, 1.807) is 6.92 Å². The molecule has 3 atom stereocenters. The number of ketones is 1. The molecule has 2 heterocycles. The summed E-state index contributed by atoms with van der Waals surface area (Å²) in [6.45, 7) is 1.74. The second-order valence-electron chi connectivity index (χ2n) is 4.20. The fourth-order valence-corrected chi connectivity index (χ4v) is 2.67. The van der Waals surface area contributed by atoms with Crippen molar-refractivity contribution in [2.45, 2.75) is 51.1 Å². The number of carbonyl (C=O) groups is 1. The predicted octanol–water partition coefficient (Wildman–Crippen LogP) is 1.50. The zero-order chi connectivity index (χ0) is 8.55. The minimum Gasteiger partial charge on any atom is -0.311 e. The third kappa shape index (κ3) is 1.40. The van der Waals surface area contributed by atoms with Gasteiger partial charge in [0.25, 0.3) is 0 Å². The van der Waals surface area contributed by atoms with Crippen LogP contribution in [-0.4, -0.2) is 17.9 Å². The van der Waals surface area contributed by atoms with Gasteiger partial charge in [-0.15, -0.1) is 0 Å². The molecule has 2 heteroatoms. The molecule has 2 aliphatic rings. The summed E-state index contributed by atoms with van der Waals surface area (Å²) in [5, 5.41) is 3.56. The van der Waals surface area contributed by atoms with Crippen LogP contribution < -0.4 is 5.32 Å². The predicted molar refractivity (Wildman–Crippen MR) is 48.0 cm³/mol. The van der Waals surface area contributed by atoms with E-state index in [9.17, 15) is 4.79 Å². The molecule has 2 rings (SSSR count). The fraction of sp³-hybridized carbons (Fsp3) is 0.900. The number of rotatable bonds is 1. The van der Waals surface area contributed by atoms with Crippen LogP contribution in [0.2, 0.25) is 0 Å². The molecule has 0 aromatic carbocycles. The first-order valence-electron chi connectivity index (χ1n) is 5.04. The van der Waals surface area contributed by atoms with Crippen LogP contribution in [0, 0.1) is 5.92 Å². The van der Waals surface area contributed by atoms with Crippen molar-refractivity contribution in [2.75, 3.05) is 0 Å². The Kier molecular flexibility index (Phi) is 2.18. The molecule has 12 heavy (non-hydrogen) atoms. The summed E-state index contributed by atoms with van der Waals surface area (Å²) in [6, 6.07) is 1.23. The highest BCUT2D eigenvalue weighted by Gasteiger charge is 2.34. The van der Waals surface area contributed by atoms with E-state index in [0.29, 0.717) is 17.7 Å². The molecule has 1 N–H and O–H groups in total. The zero-order valence-corrected chi connectivity index (χ0v) is 7.68. The number of hydrogen-bond donors (Lipinski definition) is 1. The summed E-state index contributed by atoms with van der Waals surface area (Å²) in [6.07, 6.45) is 6.13. The van der Waals surface area contributed by atoms with E-state index in [-0.39, 0.29) is 0 Å². The second kappa shape index (κ2) is 3.17. The van der Waals surface area contributed by atoms with Crippen LogP contribution in [0.15, 0.2) is 0 Å². The first-order chi connectivity index (χ1) is 5.77. The lowest BCUT2D eigenvalue weighted by atomic mass is 9.88. The molecule has 0 aromatic heterocycles. The van der Waals surface area contributed by atoms with Gasteiger partial charge in [-0.25, -0.2) is 0 Å². The third-order valence-corrected chi connectivity index (χ3v) is 3.35. The van der Waals surface area contributed by atoms with Gasteiger partial charge in [0.2, 0.25) is 0 Å². The van der Waals surface area contributed by atoms with E-state index < -0.39 is 0 Å². The van der Waals surface area contributed by atoms with Crippen LogP contribution in [-0.2, 0) is 4.79 Å². The number of fused-ring (bicyclic) bond motifs is 2. The maximum absolute atomic E-state index is 11.3. The van der Waals surface area contributed by atoms with Crippen molar-refractivity contribution in [3.63, 3.8) is 0 Å². The summed E-state index contributed by atoms with van der Waals surface area (Å²) >= 11 is 0. The number of hydrogen-bond acceptors (Lipinski definition) is 2. The van der Waals surface area contributed by atoms with Crippen molar-refractivity contribution >= 4 is 5.78 Å². The minimum atomic E-state index is 0.317. The molecule has 2 fully saturated rings. The quantitative estimate of drug-likeness (QED) is 0.641. The average Bonchev–Trinajstić information content (AvgIpc) is 2.30. The van der Waals surface area contributed by atoms with E-state index in [1.165, 1.54) is 25.7 Å². The molecule has 0 saturated carbocycles. The van der Waals surface area contributed by atoms with Gasteiger partial charge in [0.1, 0.15) is 5.78 Å². The molecular formula is C10H17NO. The minimum absolute atomic E-state index is 0.317. The lowest BCUT2D eigenvalue weighted by molar-refractivity contribution is -0.121. The van der Waals surface area contributed by atoms with Crippen LogP contribution in [0.25, 0.3) is 0 Å². The Labute approximate surface area is 73.7 Å². The highest BCUT2D eigenvalue weighted by molar-refractivity contribution is 5.79. The fourth-order valence-electron chi connectivity index (χ4n) is 2.67. The molecule has 2 aliphatic heterocycles. The van der Waals surface area contributed by atoms with Gasteiger partial charge in [0.15, 0.2) is 0 Å². The van der Waals surface area contributed by atoms with Crippen LogP contribution in [0.1, 0.15) is 39.0 Å². The average molecular weight is 167 g/mol. The zero-order valence-electron chi connectivity index (χ0n) is 7.68. The van der Waals surface area contributed by atoms with Gasteiger partial charge in [0.05, 0.1) is 0 Å². The summed E-state index contributed by atoms with van der Waals surface area (Å²) < 4.78 is 0. The van der Waals surface area contributed by atoms with Gasteiger partial charge in [-0.1, -0.05) is 6.42 Å². The van der Waals surface area contributed by atoms with Crippen LogP contribution in [0.4, 0.5) is 0 Å². The van der Waals surface area contributed by atoms with Gasteiger partial charge in [-0.05, 0) is 32.6 Å². The molecule has 0 spiro atoms. The molecule has 0 aromatic rings. The van der Waals surface area contributed by atoms with Crippen molar-refractivity contribution in [3.05, 3.63) is 0 Å². The van der Waals surface area contributed by atoms with Gasteiger partial charge in [-0.2, -0.15) is 0 Å². The summed E-state index contributed by atoms with van der Waals surface area (Å²) in [7, 11) is 0. The van der Waals surface area contributed by atoms with Gasteiger partial charge >= 0.3 is 0 Å². The lowest BCUT2D eigenvalue weighted by Gasteiger charge is -2.18. The first kappa shape index (κ1) is 8.24. The Morgan fingerprint density at radius 2 is 2.08 bits per heavy atom. The van der Waals surface area contributed by atoms with Crippen LogP contribution >= 0.6 is 0 Å². The smallest absolute Gasteiger partial charge is 0.134 e. The molecule has 2 saturated heterocycles. The molecule has 3 unspecified atom stereocenters. The number of carbonyl (C=O) groups excluding carboxylic acids is 1. The molecule has 2 bridgehead atoms. The Morgan fingerprint density at radius 1 is 1.25 bits per heavy atom. The van der Waals surface area contributed by atoms with Crippen molar-refractivity contribution in [2.24, 2.45) is 5.92 Å². The molecular weight excluding hydrogens is 150 g/mol. The van der Waals surface area contributed by atoms with Crippen molar-refractivity contribution in [3.8, 4) is 0 Å². The van der Waals surface area contributed by atoms with Crippen LogP contribution in [0.5, 0.6) is 0 Å². The van der Waals surface area contributed by atoms with E-state index in [0.717, 1.165) is 12.5 Å². The van der Waals surface area contributed by atoms with Crippen molar-refractivity contribution < 1.29 is 4.79 Å². The summed E-state index contributed by atoms with van der Waals surface area (Å²) in [5.74, 6) is 0.701. The van der Waals surface area contributed by atoms with Crippen molar-refractivity contribution in [1.29, 1.82) is 0 Å². The monoisotopic (exact) mass is 167 g/mol. The van der Waals surface area contributed by atoms with Crippen molar-refractivity contribution in [1.82, 2.24) is 5.32 Å². The lowest BCUT2D eigenvalue weighted by Crippen LogP contribution is -2.35. The van der Waals surface area contributed by atoms with E-state index in [4.69, 9.17) is 0 Å². The first-order valence-corrected chi connectivity index (χ1v) is 5.04. The Balaban J connectivity index is 2.08. The normalized spacial score (nSPS) is 40.9. The molecule has 0 radical (unpaired) electrons. The number of nitrogens with one attached hydrogen (secondary N) is 1. The second-order valence-corrected chi connectivity index (χ2v) is 4.20. The van der Waals surface area contributed by atoms with Gasteiger partial charge in [0, 0.05) is 18.0 Å². The molecule has 68 valence electrons. The standard InChI is InChI=1S/C10H17NO/c1-7(12)9-4-2-3-8-5-6-10(9)11-8/h8-11H,2-6H2,1H3. The van der Waals surface area contributed by atoms with Crippen LogP contribution in [0.3, 0.4) is 0 Å². The summed E-state index contributed by atoms with van der Waals surface area (Å²) in [5.41, 5.74) is 0. The molecule has 0 amide bonds. The van der Waals surface area contributed by atoms with E-state index in [2.05, 4.69) is 5.32 Å². The van der Waals surface area contributed by atoms with E-state index in [1.807, 2.05) is 0 Å². The topological polar surface area (TPSA) is 29.1 Å². The highest BCUT2D eigenvalue weighted by atomic mass is 16.1.